The first-order chi connectivity index (χ1) is 9.22. The molecule has 1 fully saturated rings. The van der Waals surface area contributed by atoms with Crippen LogP contribution in [-0.4, -0.2) is 22.6 Å². The van der Waals surface area contributed by atoms with Crippen LogP contribution in [0.4, 0.5) is 5.82 Å². The zero-order valence-corrected chi connectivity index (χ0v) is 12.9. The minimum atomic E-state index is 0.369. The lowest BCUT2D eigenvalue weighted by Crippen LogP contribution is -2.29. The normalized spacial score (nSPS) is 19.5. The first kappa shape index (κ1) is 13.1. The summed E-state index contributed by atoms with van der Waals surface area (Å²) in [7, 11) is 0. The molecule has 0 spiro atoms. The molecule has 1 saturated heterocycles. The monoisotopic (exact) mass is 295 g/mol. The van der Waals surface area contributed by atoms with E-state index in [4.69, 9.17) is 11.6 Å². The van der Waals surface area contributed by atoms with Gasteiger partial charge < -0.3 is 4.90 Å². The van der Waals surface area contributed by atoms with E-state index in [0.29, 0.717) is 11.3 Å². The van der Waals surface area contributed by atoms with Crippen LogP contribution < -0.4 is 4.90 Å². The highest BCUT2D eigenvalue weighted by Crippen LogP contribution is 2.35. The number of aromatic nitrogens is 2. The molecule has 0 amide bonds. The van der Waals surface area contributed by atoms with Gasteiger partial charge in [-0.15, -0.1) is 11.3 Å². The zero-order valence-electron chi connectivity index (χ0n) is 11.3. The Morgan fingerprint density at radius 3 is 3.00 bits per heavy atom. The maximum absolute atomic E-state index is 6.10. The Hall–Kier alpha value is -0.870. The van der Waals surface area contributed by atoms with E-state index in [-0.39, 0.29) is 0 Å². The summed E-state index contributed by atoms with van der Waals surface area (Å²) in [5, 5.41) is 1.54. The molecular formula is C14H18ClN3S. The molecule has 3 rings (SSSR count). The van der Waals surface area contributed by atoms with Gasteiger partial charge in [-0.05, 0) is 43.4 Å². The first-order valence-electron chi connectivity index (χ1n) is 6.95. The Morgan fingerprint density at radius 1 is 1.42 bits per heavy atom. The molecule has 5 heteroatoms. The molecule has 2 aromatic heterocycles. The van der Waals surface area contributed by atoms with Crippen molar-refractivity contribution in [2.45, 2.75) is 45.6 Å². The third-order valence-electron chi connectivity index (χ3n) is 3.87. The fourth-order valence-electron chi connectivity index (χ4n) is 2.86. The van der Waals surface area contributed by atoms with Crippen LogP contribution in [-0.2, 0) is 6.42 Å². The van der Waals surface area contributed by atoms with Gasteiger partial charge in [0.05, 0.1) is 5.39 Å². The summed E-state index contributed by atoms with van der Waals surface area (Å²) in [6.45, 7) is 5.50. The van der Waals surface area contributed by atoms with Crippen molar-refractivity contribution in [2.24, 2.45) is 0 Å². The fraction of sp³-hybridized carbons (Fsp3) is 0.571. The summed E-state index contributed by atoms with van der Waals surface area (Å²) >= 11 is 7.83. The number of thiophene rings is 1. The summed E-state index contributed by atoms with van der Waals surface area (Å²) in [6.07, 6.45) is 4.69. The van der Waals surface area contributed by atoms with E-state index in [1.165, 1.54) is 23.1 Å². The standard InChI is InChI=1S/C14H18ClN3S/c1-3-9-6-5-7-18(9)12-11-8-10(4-2)19-13(11)17-14(15)16-12/h8-9H,3-7H2,1-2H3. The molecule has 1 atom stereocenters. The average molecular weight is 296 g/mol. The molecule has 0 saturated carbocycles. The molecule has 0 N–H and O–H groups in total. The SMILES string of the molecule is CCc1cc2c(N3CCCC3CC)nc(Cl)nc2s1. The molecule has 1 aliphatic rings. The van der Waals surface area contributed by atoms with Gasteiger partial charge >= 0.3 is 0 Å². The lowest BCUT2D eigenvalue weighted by molar-refractivity contribution is 0.642. The van der Waals surface area contributed by atoms with Gasteiger partial charge in [-0.1, -0.05) is 13.8 Å². The molecule has 1 unspecified atom stereocenters. The van der Waals surface area contributed by atoms with Crippen molar-refractivity contribution < 1.29 is 0 Å². The molecule has 1 aliphatic heterocycles. The van der Waals surface area contributed by atoms with Crippen LogP contribution >= 0.6 is 22.9 Å². The maximum Gasteiger partial charge on any atom is 0.225 e. The lowest BCUT2D eigenvalue weighted by Gasteiger charge is -2.25. The number of fused-ring (bicyclic) bond motifs is 1. The van der Waals surface area contributed by atoms with E-state index >= 15 is 0 Å². The predicted octanol–water partition coefficient (Wildman–Crippen LogP) is 4.29. The van der Waals surface area contributed by atoms with Gasteiger partial charge in [0, 0.05) is 17.5 Å². The molecule has 19 heavy (non-hydrogen) atoms. The minimum absolute atomic E-state index is 0.369. The summed E-state index contributed by atoms with van der Waals surface area (Å²) in [6, 6.07) is 2.83. The number of hydrogen-bond acceptors (Lipinski definition) is 4. The molecule has 2 aromatic rings. The number of halogens is 1. The number of anilines is 1. The largest absolute Gasteiger partial charge is 0.353 e. The van der Waals surface area contributed by atoms with Gasteiger partial charge in [-0.25, -0.2) is 4.98 Å². The number of aryl methyl sites for hydroxylation is 1. The third kappa shape index (κ3) is 2.32. The van der Waals surface area contributed by atoms with E-state index in [1.807, 2.05) is 0 Å². The summed E-state index contributed by atoms with van der Waals surface area (Å²) < 4.78 is 0. The highest BCUT2D eigenvalue weighted by molar-refractivity contribution is 7.18. The Morgan fingerprint density at radius 2 is 2.26 bits per heavy atom. The Kier molecular flexibility index (Phi) is 3.63. The molecule has 3 nitrogen and oxygen atoms in total. The number of rotatable bonds is 3. The summed E-state index contributed by atoms with van der Waals surface area (Å²) in [5.74, 6) is 1.04. The second-order valence-electron chi connectivity index (χ2n) is 5.00. The van der Waals surface area contributed by atoms with Crippen LogP contribution in [0.2, 0.25) is 5.28 Å². The maximum atomic E-state index is 6.10. The van der Waals surface area contributed by atoms with Crippen molar-refractivity contribution >= 4 is 39.0 Å². The molecular weight excluding hydrogens is 278 g/mol. The van der Waals surface area contributed by atoms with Crippen LogP contribution in [0.25, 0.3) is 10.2 Å². The number of nitrogens with zero attached hydrogens (tertiary/aromatic N) is 3. The third-order valence-corrected chi connectivity index (χ3v) is 5.21. The average Bonchev–Trinajstić information content (AvgIpc) is 3.02. The quantitative estimate of drug-likeness (QED) is 0.791. The topological polar surface area (TPSA) is 29.0 Å². The molecule has 0 aliphatic carbocycles. The Balaban J connectivity index is 2.13. The van der Waals surface area contributed by atoms with Crippen molar-refractivity contribution in [3.63, 3.8) is 0 Å². The van der Waals surface area contributed by atoms with Crippen LogP contribution in [0, 0.1) is 0 Å². The van der Waals surface area contributed by atoms with Gasteiger partial charge in [0.15, 0.2) is 0 Å². The van der Waals surface area contributed by atoms with Crippen molar-refractivity contribution in [1.29, 1.82) is 0 Å². The van der Waals surface area contributed by atoms with Crippen LogP contribution in [0.1, 0.15) is 38.0 Å². The predicted molar refractivity (Wildman–Crippen MR) is 82.5 cm³/mol. The first-order valence-corrected chi connectivity index (χ1v) is 8.15. The summed E-state index contributed by atoms with van der Waals surface area (Å²) in [5.41, 5.74) is 0. The highest BCUT2D eigenvalue weighted by atomic mass is 35.5. The van der Waals surface area contributed by atoms with Gasteiger partial charge in [-0.3, -0.25) is 0 Å². The summed E-state index contributed by atoms with van der Waals surface area (Å²) in [4.78, 5) is 13.7. The van der Waals surface area contributed by atoms with Crippen molar-refractivity contribution in [3.8, 4) is 0 Å². The smallest absolute Gasteiger partial charge is 0.225 e. The Labute approximate surface area is 122 Å². The van der Waals surface area contributed by atoms with Crippen molar-refractivity contribution in [1.82, 2.24) is 9.97 Å². The van der Waals surface area contributed by atoms with E-state index in [1.54, 1.807) is 11.3 Å². The van der Waals surface area contributed by atoms with Crippen LogP contribution in [0.3, 0.4) is 0 Å². The van der Waals surface area contributed by atoms with Crippen LogP contribution in [0.15, 0.2) is 6.07 Å². The fourth-order valence-corrected chi connectivity index (χ4v) is 4.04. The van der Waals surface area contributed by atoms with Gasteiger partial charge in [0.25, 0.3) is 0 Å². The molecule has 0 radical (unpaired) electrons. The van der Waals surface area contributed by atoms with Crippen LogP contribution in [0.5, 0.6) is 0 Å². The molecule has 102 valence electrons. The van der Waals surface area contributed by atoms with E-state index in [0.717, 1.165) is 30.0 Å². The second kappa shape index (κ2) is 5.25. The highest BCUT2D eigenvalue weighted by Gasteiger charge is 2.26. The van der Waals surface area contributed by atoms with Gasteiger partial charge in [-0.2, -0.15) is 4.98 Å². The van der Waals surface area contributed by atoms with Gasteiger partial charge in [0.2, 0.25) is 5.28 Å². The molecule has 0 bridgehead atoms. The van der Waals surface area contributed by atoms with E-state index < -0.39 is 0 Å². The Bertz CT molecular complexity index is 596. The van der Waals surface area contributed by atoms with Crippen molar-refractivity contribution in [2.75, 3.05) is 11.4 Å². The zero-order chi connectivity index (χ0) is 13.4. The van der Waals surface area contributed by atoms with Crippen molar-refractivity contribution in [3.05, 3.63) is 16.2 Å². The molecule has 3 heterocycles. The minimum Gasteiger partial charge on any atom is -0.353 e. The lowest BCUT2D eigenvalue weighted by atomic mass is 10.1. The second-order valence-corrected chi connectivity index (χ2v) is 6.45. The van der Waals surface area contributed by atoms with E-state index in [9.17, 15) is 0 Å². The number of hydrogen-bond donors (Lipinski definition) is 0. The van der Waals surface area contributed by atoms with Gasteiger partial charge in [0.1, 0.15) is 10.6 Å². The van der Waals surface area contributed by atoms with E-state index in [2.05, 4.69) is 34.8 Å². The molecule has 0 aromatic carbocycles.